The maximum absolute atomic E-state index is 14.8. The molecular formula is C28H25FN2O6S. The number of anilines is 1. The SMILES string of the molecule is CCCC1(F)Oc2ccc(C3(C(=O)Nc4ccc(C)c(-c5ccc6c(c5)C(=O)NS6(=O)=O)c4)CC3)cc2O1. The van der Waals surface area contributed by atoms with Crippen molar-refractivity contribution in [3.63, 3.8) is 0 Å². The van der Waals surface area contributed by atoms with Crippen LogP contribution in [0.3, 0.4) is 0 Å². The van der Waals surface area contributed by atoms with Crippen LogP contribution < -0.4 is 19.5 Å². The molecule has 2 aliphatic heterocycles. The molecule has 8 nitrogen and oxygen atoms in total. The number of ether oxygens (including phenoxy) is 2. The molecular weight excluding hydrogens is 511 g/mol. The minimum Gasteiger partial charge on any atom is -0.423 e. The number of alkyl halides is 1. The number of rotatable bonds is 6. The van der Waals surface area contributed by atoms with E-state index in [2.05, 4.69) is 5.32 Å². The van der Waals surface area contributed by atoms with Gasteiger partial charge < -0.3 is 14.8 Å². The molecule has 196 valence electrons. The molecule has 0 bridgehead atoms. The number of carbonyl (C=O) groups is 2. The third kappa shape index (κ3) is 3.91. The van der Waals surface area contributed by atoms with Crippen molar-refractivity contribution in [2.24, 2.45) is 0 Å². The Labute approximate surface area is 219 Å². The van der Waals surface area contributed by atoms with Crippen molar-refractivity contribution in [1.82, 2.24) is 4.72 Å². The molecule has 38 heavy (non-hydrogen) atoms. The van der Waals surface area contributed by atoms with E-state index >= 15 is 0 Å². The highest BCUT2D eigenvalue weighted by Gasteiger charge is 2.52. The van der Waals surface area contributed by atoms with E-state index in [1.54, 1.807) is 42.5 Å². The van der Waals surface area contributed by atoms with Gasteiger partial charge in [0.15, 0.2) is 11.5 Å². The summed E-state index contributed by atoms with van der Waals surface area (Å²) in [7, 11) is -3.83. The lowest BCUT2D eigenvalue weighted by Crippen LogP contribution is -2.32. The van der Waals surface area contributed by atoms with Gasteiger partial charge in [-0.05, 0) is 84.8 Å². The zero-order valence-electron chi connectivity index (χ0n) is 20.8. The monoisotopic (exact) mass is 536 g/mol. The van der Waals surface area contributed by atoms with Crippen LogP contribution in [-0.4, -0.2) is 26.3 Å². The van der Waals surface area contributed by atoms with E-state index < -0.39 is 27.4 Å². The Bertz CT molecular complexity index is 1630. The second kappa shape index (κ2) is 8.29. The van der Waals surface area contributed by atoms with E-state index in [9.17, 15) is 22.4 Å². The van der Waals surface area contributed by atoms with Crippen LogP contribution in [0, 0.1) is 6.92 Å². The average Bonchev–Trinajstić information content (AvgIpc) is 3.56. The van der Waals surface area contributed by atoms with Crippen molar-refractivity contribution < 1.29 is 31.9 Å². The van der Waals surface area contributed by atoms with Crippen LogP contribution in [-0.2, 0) is 20.2 Å². The summed E-state index contributed by atoms with van der Waals surface area (Å²) in [4.78, 5) is 25.6. The Morgan fingerprint density at radius 3 is 2.53 bits per heavy atom. The van der Waals surface area contributed by atoms with Gasteiger partial charge in [0, 0.05) is 5.69 Å². The molecule has 2 amide bonds. The summed E-state index contributed by atoms with van der Waals surface area (Å²) in [5, 5.41) is 3.00. The maximum atomic E-state index is 14.8. The fraction of sp³-hybridized carbons (Fsp3) is 0.286. The number of amides is 2. The molecule has 1 fully saturated rings. The number of hydrogen-bond donors (Lipinski definition) is 2. The van der Waals surface area contributed by atoms with E-state index in [0.717, 1.165) is 16.7 Å². The third-order valence-electron chi connectivity index (χ3n) is 7.30. The van der Waals surface area contributed by atoms with Crippen LogP contribution in [0.1, 0.15) is 54.1 Å². The summed E-state index contributed by atoms with van der Waals surface area (Å²) >= 11 is 0. The highest BCUT2D eigenvalue weighted by Crippen LogP contribution is 2.52. The molecule has 0 spiro atoms. The molecule has 1 atom stereocenters. The van der Waals surface area contributed by atoms with Gasteiger partial charge in [0.2, 0.25) is 5.91 Å². The van der Waals surface area contributed by atoms with Gasteiger partial charge in [-0.1, -0.05) is 25.1 Å². The van der Waals surface area contributed by atoms with Gasteiger partial charge in [-0.2, -0.15) is 4.39 Å². The minimum absolute atomic E-state index is 0.0487. The molecule has 1 saturated carbocycles. The van der Waals surface area contributed by atoms with Crippen LogP contribution in [0.15, 0.2) is 59.5 Å². The van der Waals surface area contributed by atoms with Crippen molar-refractivity contribution in [2.75, 3.05) is 5.32 Å². The van der Waals surface area contributed by atoms with Gasteiger partial charge in [-0.3, -0.25) is 9.59 Å². The topological polar surface area (TPSA) is 111 Å². The first-order chi connectivity index (χ1) is 18.0. The van der Waals surface area contributed by atoms with Crippen molar-refractivity contribution >= 4 is 27.5 Å². The highest BCUT2D eigenvalue weighted by molar-refractivity contribution is 7.90. The van der Waals surface area contributed by atoms with Gasteiger partial charge in [-0.25, -0.2) is 13.1 Å². The molecule has 3 aromatic rings. The van der Waals surface area contributed by atoms with Crippen molar-refractivity contribution in [1.29, 1.82) is 0 Å². The maximum Gasteiger partial charge on any atom is 0.407 e. The quantitative estimate of drug-likeness (QED) is 0.461. The molecule has 3 aromatic carbocycles. The van der Waals surface area contributed by atoms with Gasteiger partial charge in [0.1, 0.15) is 4.90 Å². The molecule has 0 saturated heterocycles. The summed E-state index contributed by atoms with van der Waals surface area (Å²) in [5.41, 5.74) is 2.93. The van der Waals surface area contributed by atoms with Gasteiger partial charge in [0.05, 0.1) is 17.4 Å². The molecule has 0 radical (unpaired) electrons. The van der Waals surface area contributed by atoms with Crippen LogP contribution in [0.4, 0.5) is 10.1 Å². The Morgan fingerprint density at radius 2 is 1.79 bits per heavy atom. The number of hydrogen-bond acceptors (Lipinski definition) is 6. The fourth-order valence-electron chi connectivity index (χ4n) is 5.09. The predicted octanol–water partition coefficient (Wildman–Crippen LogP) is 4.96. The van der Waals surface area contributed by atoms with Gasteiger partial charge >= 0.3 is 6.04 Å². The first-order valence-corrected chi connectivity index (χ1v) is 13.9. The molecule has 2 N–H and O–H groups in total. The van der Waals surface area contributed by atoms with Gasteiger partial charge in [0.25, 0.3) is 15.9 Å². The number of nitrogens with one attached hydrogen (secondary N) is 2. The van der Waals surface area contributed by atoms with Gasteiger partial charge in [-0.15, -0.1) is 0 Å². The lowest BCUT2D eigenvalue weighted by atomic mass is 9.94. The zero-order chi connectivity index (χ0) is 26.9. The lowest BCUT2D eigenvalue weighted by molar-refractivity contribution is -0.194. The molecule has 10 heteroatoms. The second-order valence-corrected chi connectivity index (χ2v) is 11.6. The van der Waals surface area contributed by atoms with E-state index in [1.807, 2.05) is 24.6 Å². The number of benzene rings is 3. The highest BCUT2D eigenvalue weighted by atomic mass is 32.2. The number of aryl methyl sites for hydroxylation is 1. The number of halogens is 1. The Balaban J connectivity index is 1.26. The minimum atomic E-state index is -3.83. The lowest BCUT2D eigenvalue weighted by Gasteiger charge is -2.18. The predicted molar refractivity (Wildman–Crippen MR) is 137 cm³/mol. The summed E-state index contributed by atoms with van der Waals surface area (Å²) in [6.45, 7) is 3.73. The average molecular weight is 537 g/mol. The summed E-state index contributed by atoms with van der Waals surface area (Å²) in [6.07, 6.45) is 1.94. The largest absolute Gasteiger partial charge is 0.423 e. The normalized spacial score (nSPS) is 21.5. The fourth-order valence-corrected chi connectivity index (χ4v) is 6.25. The molecule has 6 rings (SSSR count). The smallest absolute Gasteiger partial charge is 0.407 e. The van der Waals surface area contributed by atoms with Crippen LogP contribution >= 0.6 is 0 Å². The van der Waals surface area contributed by atoms with Crippen molar-refractivity contribution in [3.8, 4) is 22.6 Å². The zero-order valence-corrected chi connectivity index (χ0v) is 21.6. The van der Waals surface area contributed by atoms with E-state index in [0.29, 0.717) is 36.3 Å². The standard InChI is InChI=1S/C28H25FN2O6S/c1-3-10-28(29)36-22-8-6-18(14-23(22)37-28)27(11-12-27)26(33)30-19-7-4-16(2)20(15-19)17-5-9-24-21(13-17)25(32)31-38(24,34)35/h4-9,13-15H,3,10-12H2,1-2H3,(H,30,33)(H,31,32). The first kappa shape index (κ1) is 24.4. The summed E-state index contributed by atoms with van der Waals surface area (Å²) in [5.74, 6) is -0.244. The molecule has 0 aromatic heterocycles. The number of carbonyl (C=O) groups excluding carboxylic acids is 2. The van der Waals surface area contributed by atoms with E-state index in [-0.39, 0.29) is 28.5 Å². The Kier molecular flexibility index (Phi) is 5.33. The van der Waals surface area contributed by atoms with Crippen LogP contribution in [0.2, 0.25) is 0 Å². The molecule has 1 unspecified atom stereocenters. The van der Waals surface area contributed by atoms with Crippen LogP contribution in [0.25, 0.3) is 11.1 Å². The summed E-state index contributed by atoms with van der Waals surface area (Å²) < 4.78 is 51.7. The van der Waals surface area contributed by atoms with Crippen molar-refractivity contribution in [3.05, 3.63) is 71.3 Å². The van der Waals surface area contributed by atoms with Crippen molar-refractivity contribution in [2.45, 2.75) is 55.9 Å². The summed E-state index contributed by atoms with van der Waals surface area (Å²) in [6, 6.07) is 13.0. The van der Waals surface area contributed by atoms with E-state index in [4.69, 9.17) is 9.47 Å². The number of fused-ring (bicyclic) bond motifs is 2. The molecule has 2 heterocycles. The van der Waals surface area contributed by atoms with Crippen LogP contribution in [0.5, 0.6) is 11.5 Å². The molecule has 3 aliphatic rings. The van der Waals surface area contributed by atoms with E-state index in [1.165, 1.54) is 6.07 Å². The Hall–Kier alpha value is -3.92. The Morgan fingerprint density at radius 1 is 1.03 bits per heavy atom. The molecule has 1 aliphatic carbocycles. The first-order valence-electron chi connectivity index (χ1n) is 12.4. The second-order valence-electron chi connectivity index (χ2n) is 9.99. The number of sulfonamides is 1. The third-order valence-corrected chi connectivity index (χ3v) is 8.69.